The summed E-state index contributed by atoms with van der Waals surface area (Å²) >= 11 is 1.58. The zero-order valence-corrected chi connectivity index (χ0v) is 13.9. The average Bonchev–Trinajstić information content (AvgIpc) is 3.18. The molecule has 3 rings (SSSR count). The predicted octanol–water partition coefficient (Wildman–Crippen LogP) is 1.18. The summed E-state index contributed by atoms with van der Waals surface area (Å²) in [7, 11) is 1.74. The third-order valence-corrected chi connectivity index (χ3v) is 4.79. The van der Waals surface area contributed by atoms with Crippen LogP contribution in [0, 0.1) is 0 Å². The quantitative estimate of drug-likeness (QED) is 0.890. The van der Waals surface area contributed by atoms with Gasteiger partial charge in [0.05, 0.1) is 19.5 Å². The molecular weight excluding hydrogens is 312 g/mol. The largest absolute Gasteiger partial charge is 0.386 e. The van der Waals surface area contributed by atoms with Crippen LogP contribution in [0.2, 0.25) is 0 Å². The standard InChI is InChI=1S/C16H20N4O2S/c1-19(14(21)9-13-3-8-23-10-13)11-16(22)4-7-20(12-16)15-17-5-2-6-18-15/h2-3,5-6,8,10,22H,4,7,9,11-12H2,1H3. The molecule has 3 heterocycles. The third-order valence-electron chi connectivity index (χ3n) is 4.06. The van der Waals surface area contributed by atoms with E-state index in [0.29, 0.717) is 38.4 Å². The summed E-state index contributed by atoms with van der Waals surface area (Å²) in [5.74, 6) is 0.641. The second-order valence-corrected chi connectivity index (χ2v) is 6.78. The number of likely N-dealkylation sites (N-methyl/N-ethyl adjacent to an activating group) is 1. The van der Waals surface area contributed by atoms with Gasteiger partial charge in [-0.2, -0.15) is 11.3 Å². The maximum absolute atomic E-state index is 12.3. The summed E-state index contributed by atoms with van der Waals surface area (Å²) in [5, 5.41) is 14.7. The van der Waals surface area contributed by atoms with Crippen LogP contribution >= 0.6 is 11.3 Å². The molecule has 0 radical (unpaired) electrons. The van der Waals surface area contributed by atoms with Crippen molar-refractivity contribution in [2.75, 3.05) is 31.6 Å². The van der Waals surface area contributed by atoms with Gasteiger partial charge in [-0.15, -0.1) is 0 Å². The zero-order valence-electron chi connectivity index (χ0n) is 13.1. The minimum Gasteiger partial charge on any atom is -0.386 e. The highest BCUT2D eigenvalue weighted by Gasteiger charge is 2.38. The molecule has 1 aliphatic heterocycles. The number of hydrogen-bond acceptors (Lipinski definition) is 6. The number of thiophene rings is 1. The van der Waals surface area contributed by atoms with Crippen LogP contribution in [0.4, 0.5) is 5.95 Å². The van der Waals surface area contributed by atoms with Crippen LogP contribution in [-0.2, 0) is 11.2 Å². The molecule has 2 aromatic heterocycles. The molecule has 1 atom stereocenters. The van der Waals surface area contributed by atoms with Gasteiger partial charge in [-0.25, -0.2) is 9.97 Å². The first-order valence-corrected chi connectivity index (χ1v) is 8.49. The van der Waals surface area contributed by atoms with Crippen molar-refractivity contribution in [3.63, 3.8) is 0 Å². The number of aromatic nitrogens is 2. The highest BCUT2D eigenvalue weighted by atomic mass is 32.1. The zero-order chi connectivity index (χ0) is 16.3. The molecule has 6 nitrogen and oxygen atoms in total. The van der Waals surface area contributed by atoms with Gasteiger partial charge >= 0.3 is 0 Å². The van der Waals surface area contributed by atoms with Crippen LogP contribution in [0.1, 0.15) is 12.0 Å². The van der Waals surface area contributed by atoms with Crippen LogP contribution < -0.4 is 4.90 Å². The number of carbonyl (C=O) groups is 1. The summed E-state index contributed by atoms with van der Waals surface area (Å²) in [6, 6.07) is 3.72. The lowest BCUT2D eigenvalue weighted by Crippen LogP contribution is -2.46. The highest BCUT2D eigenvalue weighted by Crippen LogP contribution is 2.25. The topological polar surface area (TPSA) is 69.6 Å². The van der Waals surface area contributed by atoms with E-state index >= 15 is 0 Å². The first-order chi connectivity index (χ1) is 11.1. The number of hydrogen-bond donors (Lipinski definition) is 1. The molecule has 1 amide bonds. The maximum Gasteiger partial charge on any atom is 0.226 e. The van der Waals surface area contributed by atoms with Crippen molar-refractivity contribution in [2.24, 2.45) is 0 Å². The molecule has 2 aromatic rings. The second kappa shape index (κ2) is 6.64. The number of rotatable bonds is 5. The molecule has 1 unspecified atom stereocenters. The Morgan fingerprint density at radius 3 is 2.96 bits per heavy atom. The Kier molecular flexibility index (Phi) is 4.58. The molecule has 1 saturated heterocycles. The fraction of sp³-hybridized carbons (Fsp3) is 0.438. The van der Waals surface area contributed by atoms with Crippen LogP contribution in [0.5, 0.6) is 0 Å². The summed E-state index contributed by atoms with van der Waals surface area (Å²) in [5.41, 5.74) is 0.0997. The molecule has 0 aliphatic carbocycles. The first kappa shape index (κ1) is 15.9. The summed E-state index contributed by atoms with van der Waals surface area (Å²) in [4.78, 5) is 24.3. The van der Waals surface area contributed by atoms with Gasteiger partial charge in [0, 0.05) is 26.0 Å². The van der Waals surface area contributed by atoms with E-state index in [9.17, 15) is 9.90 Å². The van der Waals surface area contributed by atoms with Crippen molar-refractivity contribution in [1.29, 1.82) is 0 Å². The Balaban J connectivity index is 1.58. The van der Waals surface area contributed by atoms with Crippen LogP contribution in [0.15, 0.2) is 35.3 Å². The van der Waals surface area contributed by atoms with Gasteiger partial charge < -0.3 is 14.9 Å². The summed E-state index contributed by atoms with van der Waals surface area (Å²) in [6.45, 7) is 1.44. The Morgan fingerprint density at radius 2 is 2.26 bits per heavy atom. The fourth-order valence-corrected chi connectivity index (χ4v) is 3.51. The predicted molar refractivity (Wildman–Crippen MR) is 89.5 cm³/mol. The van der Waals surface area contributed by atoms with E-state index in [4.69, 9.17) is 0 Å². The van der Waals surface area contributed by atoms with Crippen molar-refractivity contribution < 1.29 is 9.90 Å². The van der Waals surface area contributed by atoms with Crippen molar-refractivity contribution in [1.82, 2.24) is 14.9 Å². The lowest BCUT2D eigenvalue weighted by molar-refractivity contribution is -0.132. The number of aliphatic hydroxyl groups is 1. The van der Waals surface area contributed by atoms with Gasteiger partial charge in [-0.05, 0) is 34.9 Å². The van der Waals surface area contributed by atoms with E-state index in [1.807, 2.05) is 21.7 Å². The number of β-amino-alcohol motifs (C(OH)–C–C–N with tert-alkyl or cyclic N) is 1. The monoisotopic (exact) mass is 332 g/mol. The average molecular weight is 332 g/mol. The summed E-state index contributed by atoms with van der Waals surface area (Å²) < 4.78 is 0. The van der Waals surface area contributed by atoms with E-state index in [0.717, 1.165) is 5.56 Å². The number of nitrogens with zero attached hydrogens (tertiary/aromatic N) is 4. The van der Waals surface area contributed by atoms with E-state index in [2.05, 4.69) is 9.97 Å². The molecule has 1 aliphatic rings. The summed E-state index contributed by atoms with van der Waals surface area (Å²) in [6.07, 6.45) is 4.36. The van der Waals surface area contributed by atoms with Gasteiger partial charge in [0.25, 0.3) is 0 Å². The first-order valence-electron chi connectivity index (χ1n) is 7.55. The van der Waals surface area contributed by atoms with Crippen LogP contribution in [0.25, 0.3) is 0 Å². The molecule has 0 saturated carbocycles. The van der Waals surface area contributed by atoms with E-state index in [1.165, 1.54) is 0 Å². The van der Waals surface area contributed by atoms with Crippen molar-refractivity contribution >= 4 is 23.2 Å². The van der Waals surface area contributed by atoms with Gasteiger partial charge in [0.2, 0.25) is 11.9 Å². The molecule has 1 N–H and O–H groups in total. The van der Waals surface area contributed by atoms with E-state index in [-0.39, 0.29) is 5.91 Å². The molecule has 7 heteroatoms. The highest BCUT2D eigenvalue weighted by molar-refractivity contribution is 7.07. The number of anilines is 1. The Hall–Kier alpha value is -1.99. The number of carbonyl (C=O) groups excluding carboxylic acids is 1. The number of amides is 1. The molecule has 0 bridgehead atoms. The SMILES string of the molecule is CN(CC1(O)CCN(c2ncccn2)C1)C(=O)Cc1ccsc1. The third kappa shape index (κ3) is 3.86. The normalized spacial score (nSPS) is 20.7. The minimum absolute atomic E-state index is 0.0197. The Bertz CT molecular complexity index is 649. The smallest absolute Gasteiger partial charge is 0.226 e. The maximum atomic E-state index is 12.3. The lowest BCUT2D eigenvalue weighted by atomic mass is 10.0. The molecule has 0 spiro atoms. The molecule has 0 aromatic carbocycles. The van der Waals surface area contributed by atoms with E-state index < -0.39 is 5.60 Å². The minimum atomic E-state index is -0.918. The van der Waals surface area contributed by atoms with Gasteiger partial charge in [0.15, 0.2) is 0 Å². The Morgan fingerprint density at radius 1 is 1.48 bits per heavy atom. The van der Waals surface area contributed by atoms with E-state index in [1.54, 1.807) is 41.7 Å². The van der Waals surface area contributed by atoms with Crippen molar-refractivity contribution in [2.45, 2.75) is 18.4 Å². The molecule has 122 valence electrons. The van der Waals surface area contributed by atoms with Gasteiger partial charge in [-0.3, -0.25) is 4.79 Å². The molecular formula is C16H20N4O2S. The van der Waals surface area contributed by atoms with Crippen molar-refractivity contribution in [3.05, 3.63) is 40.8 Å². The fourth-order valence-electron chi connectivity index (χ4n) is 2.84. The lowest BCUT2D eigenvalue weighted by Gasteiger charge is -2.29. The van der Waals surface area contributed by atoms with Gasteiger partial charge in [0.1, 0.15) is 5.60 Å². The van der Waals surface area contributed by atoms with Crippen LogP contribution in [0.3, 0.4) is 0 Å². The molecule has 23 heavy (non-hydrogen) atoms. The van der Waals surface area contributed by atoms with Crippen LogP contribution in [-0.4, -0.2) is 58.2 Å². The van der Waals surface area contributed by atoms with Gasteiger partial charge in [-0.1, -0.05) is 0 Å². The van der Waals surface area contributed by atoms with Crippen molar-refractivity contribution in [3.8, 4) is 0 Å². The second-order valence-electron chi connectivity index (χ2n) is 6.00. The Labute approximate surface area is 139 Å². The molecule has 1 fully saturated rings.